The Morgan fingerprint density at radius 3 is 2.85 bits per heavy atom. The van der Waals surface area contributed by atoms with Crippen LogP contribution in [0.25, 0.3) is 0 Å². The Hall–Kier alpha value is -2.42. The van der Waals surface area contributed by atoms with Crippen molar-refractivity contribution in [3.63, 3.8) is 0 Å². The monoisotopic (exact) mass is 420 g/mol. The lowest BCUT2D eigenvalue weighted by Crippen LogP contribution is -2.20. The summed E-state index contributed by atoms with van der Waals surface area (Å²) >= 11 is 12.9. The number of halogens is 1. The fourth-order valence-corrected chi connectivity index (χ4v) is 3.81. The maximum atomic E-state index is 11.8. The molecule has 6 nitrogen and oxygen atoms in total. The molecule has 0 spiro atoms. The lowest BCUT2D eigenvalue weighted by molar-refractivity contribution is 0.0602. The first-order chi connectivity index (χ1) is 13.0. The van der Waals surface area contributed by atoms with Gasteiger partial charge in [-0.1, -0.05) is 29.8 Å². The molecule has 0 fully saturated rings. The second-order valence-electron chi connectivity index (χ2n) is 5.66. The number of aromatic nitrogens is 2. The smallest absolute Gasteiger partial charge is 0.340 e. The molecule has 140 valence electrons. The van der Waals surface area contributed by atoms with Crippen LogP contribution in [0.2, 0.25) is 5.02 Å². The van der Waals surface area contributed by atoms with Crippen molar-refractivity contribution in [1.29, 1.82) is 0 Å². The molecule has 0 radical (unpaired) electrons. The van der Waals surface area contributed by atoms with Crippen molar-refractivity contribution in [2.24, 2.45) is 0 Å². The molecule has 0 saturated carbocycles. The number of benzene rings is 1. The van der Waals surface area contributed by atoms with Gasteiger partial charge in [0, 0.05) is 22.2 Å². The fourth-order valence-electron chi connectivity index (χ4n) is 2.44. The number of carbonyl (C=O) groups excluding carboxylic acids is 1. The Morgan fingerprint density at radius 2 is 2.11 bits per heavy atom. The molecule has 0 amide bonds. The zero-order valence-corrected chi connectivity index (χ0v) is 17.0. The van der Waals surface area contributed by atoms with E-state index in [1.165, 1.54) is 18.4 Å². The fraction of sp³-hybridized carbons (Fsp3) is 0.167. The van der Waals surface area contributed by atoms with Crippen LogP contribution >= 0.6 is 35.2 Å². The first-order valence-electron chi connectivity index (χ1n) is 8.00. The summed E-state index contributed by atoms with van der Waals surface area (Å²) in [6, 6.07) is 11.2. The summed E-state index contributed by atoms with van der Waals surface area (Å²) in [5.74, 6) is 0.182. The SMILES string of the molecule is COC(=O)c1cc(C)sc1NC(=S)Nc1ccn(Cc2ccccc2Cl)n1. The minimum absolute atomic E-state index is 0.338. The molecule has 2 heterocycles. The number of esters is 1. The highest BCUT2D eigenvalue weighted by Gasteiger charge is 2.16. The van der Waals surface area contributed by atoms with Gasteiger partial charge in [-0.15, -0.1) is 11.3 Å². The highest BCUT2D eigenvalue weighted by molar-refractivity contribution is 7.80. The molecule has 0 aliphatic carbocycles. The van der Waals surface area contributed by atoms with Gasteiger partial charge in [-0.05, 0) is 36.8 Å². The van der Waals surface area contributed by atoms with Crippen LogP contribution < -0.4 is 10.6 Å². The van der Waals surface area contributed by atoms with Gasteiger partial charge in [0.2, 0.25) is 0 Å². The van der Waals surface area contributed by atoms with Crippen LogP contribution in [0.5, 0.6) is 0 Å². The molecule has 0 unspecified atom stereocenters. The lowest BCUT2D eigenvalue weighted by Gasteiger charge is -2.08. The molecule has 1 aromatic carbocycles. The first kappa shape index (κ1) is 19.3. The number of nitrogens with zero attached hydrogens (tertiary/aromatic N) is 2. The van der Waals surface area contributed by atoms with Crippen molar-refractivity contribution in [1.82, 2.24) is 9.78 Å². The molecule has 0 aliphatic heterocycles. The Balaban J connectivity index is 1.65. The second-order valence-corrected chi connectivity index (χ2v) is 7.73. The van der Waals surface area contributed by atoms with Crippen LogP contribution in [0.4, 0.5) is 10.8 Å². The van der Waals surface area contributed by atoms with Crippen LogP contribution in [0, 0.1) is 6.92 Å². The standard InChI is InChI=1S/C18H17ClN4O2S2/c1-11-9-13(17(24)25-2)16(27-11)21-18(26)20-15-7-8-23(22-15)10-12-5-3-4-6-14(12)19/h3-9H,10H2,1-2H3,(H2,20,21,22,26). The molecule has 0 saturated heterocycles. The molecule has 2 N–H and O–H groups in total. The number of thiocarbonyl (C=S) groups is 1. The Bertz CT molecular complexity index is 983. The highest BCUT2D eigenvalue weighted by atomic mass is 35.5. The summed E-state index contributed by atoms with van der Waals surface area (Å²) < 4.78 is 6.56. The molecule has 27 heavy (non-hydrogen) atoms. The Labute approximate surface area is 171 Å². The number of rotatable bonds is 5. The van der Waals surface area contributed by atoms with Crippen molar-refractivity contribution in [2.45, 2.75) is 13.5 Å². The van der Waals surface area contributed by atoms with Gasteiger partial charge in [0.05, 0.1) is 19.2 Å². The minimum Gasteiger partial charge on any atom is -0.465 e. The zero-order chi connectivity index (χ0) is 19.4. The predicted octanol–water partition coefficient (Wildman–Crippen LogP) is 4.55. The normalized spacial score (nSPS) is 10.5. The average Bonchev–Trinajstić information content (AvgIpc) is 3.22. The second kappa shape index (κ2) is 8.51. The number of carbonyl (C=O) groups is 1. The van der Waals surface area contributed by atoms with Gasteiger partial charge < -0.3 is 15.4 Å². The van der Waals surface area contributed by atoms with E-state index in [9.17, 15) is 4.79 Å². The van der Waals surface area contributed by atoms with Crippen molar-refractivity contribution in [3.05, 3.63) is 63.6 Å². The van der Waals surface area contributed by atoms with Crippen molar-refractivity contribution >= 4 is 57.1 Å². The summed E-state index contributed by atoms with van der Waals surface area (Å²) in [5, 5.41) is 12.2. The molecule has 3 aromatic rings. The number of hydrogen-bond acceptors (Lipinski definition) is 5. The van der Waals surface area contributed by atoms with Gasteiger partial charge in [-0.3, -0.25) is 4.68 Å². The number of nitrogens with one attached hydrogen (secondary N) is 2. The maximum Gasteiger partial charge on any atom is 0.340 e. The Morgan fingerprint density at radius 1 is 1.33 bits per heavy atom. The van der Waals surface area contributed by atoms with Gasteiger partial charge in [0.25, 0.3) is 0 Å². The third-order valence-corrected chi connectivity index (χ3v) is 5.20. The molecule has 0 aliphatic rings. The Kier molecular flexibility index (Phi) is 6.10. The summed E-state index contributed by atoms with van der Waals surface area (Å²) in [6.07, 6.45) is 1.84. The highest BCUT2D eigenvalue weighted by Crippen LogP contribution is 2.28. The topological polar surface area (TPSA) is 68.2 Å². The summed E-state index contributed by atoms with van der Waals surface area (Å²) in [4.78, 5) is 12.8. The van der Waals surface area contributed by atoms with Crippen molar-refractivity contribution in [3.8, 4) is 0 Å². The summed E-state index contributed by atoms with van der Waals surface area (Å²) in [6.45, 7) is 2.47. The van der Waals surface area contributed by atoms with E-state index in [2.05, 4.69) is 15.7 Å². The number of thiophene rings is 1. The van der Waals surface area contributed by atoms with E-state index in [4.69, 9.17) is 28.6 Å². The third-order valence-electron chi connectivity index (χ3n) is 3.66. The minimum atomic E-state index is -0.409. The van der Waals surface area contributed by atoms with E-state index in [-0.39, 0.29) is 0 Å². The third kappa shape index (κ3) is 4.85. The van der Waals surface area contributed by atoms with Crippen LogP contribution in [-0.2, 0) is 11.3 Å². The largest absolute Gasteiger partial charge is 0.465 e. The van der Waals surface area contributed by atoms with Crippen LogP contribution in [-0.4, -0.2) is 28.0 Å². The molecule has 2 aromatic heterocycles. The lowest BCUT2D eigenvalue weighted by atomic mass is 10.2. The maximum absolute atomic E-state index is 11.8. The van der Waals surface area contributed by atoms with Gasteiger partial charge in [-0.2, -0.15) is 5.10 Å². The van der Waals surface area contributed by atoms with Crippen LogP contribution in [0.1, 0.15) is 20.8 Å². The molecular weight excluding hydrogens is 404 g/mol. The number of hydrogen-bond donors (Lipinski definition) is 2. The van der Waals surface area contributed by atoms with E-state index in [1.807, 2.05) is 43.5 Å². The number of methoxy groups -OCH3 is 1. The van der Waals surface area contributed by atoms with Gasteiger partial charge in [0.15, 0.2) is 10.9 Å². The van der Waals surface area contributed by atoms with E-state index in [0.717, 1.165) is 10.4 Å². The van der Waals surface area contributed by atoms with Gasteiger partial charge in [0.1, 0.15) is 5.00 Å². The predicted molar refractivity (Wildman–Crippen MR) is 113 cm³/mol. The number of aryl methyl sites for hydroxylation is 1. The van der Waals surface area contributed by atoms with E-state index in [0.29, 0.717) is 33.1 Å². The number of ether oxygens (including phenoxy) is 1. The van der Waals surface area contributed by atoms with Crippen LogP contribution in [0.15, 0.2) is 42.6 Å². The van der Waals surface area contributed by atoms with Crippen molar-refractivity contribution < 1.29 is 9.53 Å². The quantitative estimate of drug-likeness (QED) is 0.466. The molecule has 0 atom stereocenters. The van der Waals surface area contributed by atoms with E-state index in [1.54, 1.807) is 10.7 Å². The molecule has 0 bridgehead atoms. The van der Waals surface area contributed by atoms with Crippen molar-refractivity contribution in [2.75, 3.05) is 17.7 Å². The van der Waals surface area contributed by atoms with Gasteiger partial charge >= 0.3 is 5.97 Å². The molecular formula is C18H17ClN4O2S2. The average molecular weight is 421 g/mol. The van der Waals surface area contributed by atoms with Crippen LogP contribution in [0.3, 0.4) is 0 Å². The van der Waals surface area contributed by atoms with E-state index < -0.39 is 5.97 Å². The zero-order valence-electron chi connectivity index (χ0n) is 14.7. The van der Waals surface area contributed by atoms with Gasteiger partial charge in [-0.25, -0.2) is 4.79 Å². The van der Waals surface area contributed by atoms with E-state index >= 15 is 0 Å². The molecule has 3 rings (SSSR count). The summed E-state index contributed by atoms with van der Waals surface area (Å²) in [7, 11) is 1.35. The summed E-state index contributed by atoms with van der Waals surface area (Å²) in [5.41, 5.74) is 1.43. The first-order valence-corrected chi connectivity index (χ1v) is 9.60. The molecule has 9 heteroatoms. The number of anilines is 2.